The molecule has 2 heterocycles. The van der Waals surface area contributed by atoms with Crippen molar-refractivity contribution in [3.8, 4) is 0 Å². The Balaban J connectivity index is 1.37. The normalized spacial score (nSPS) is 24.6. The summed E-state index contributed by atoms with van der Waals surface area (Å²) in [6, 6.07) is 1.46. The van der Waals surface area contributed by atoms with Crippen LogP contribution in [0.5, 0.6) is 0 Å². The van der Waals surface area contributed by atoms with Crippen molar-refractivity contribution in [3.05, 3.63) is 33.5 Å². The number of hydrogen-bond donors (Lipinski definition) is 2. The molecule has 1 atom stereocenters. The lowest BCUT2D eigenvalue weighted by molar-refractivity contribution is -0.135. The predicted octanol–water partition coefficient (Wildman–Crippen LogP) is 2.84. The van der Waals surface area contributed by atoms with E-state index in [0.29, 0.717) is 13.0 Å². The van der Waals surface area contributed by atoms with E-state index in [-0.39, 0.29) is 18.4 Å². The Bertz CT molecular complexity index is 800. The molecule has 4 rings (SSSR count). The van der Waals surface area contributed by atoms with Gasteiger partial charge in [0.15, 0.2) is 0 Å². The summed E-state index contributed by atoms with van der Waals surface area (Å²) in [4.78, 5) is 40.0. The molecule has 1 fully saturated rings. The standard InChI is InChI=1S/C20H25N3O3S/c24-17(21-11-8-14-5-2-1-3-6-14)13-23-18(25)20(22-19(23)26)10-4-7-16-15(20)9-12-27-16/h5,9,12H,1-4,6-8,10-11,13H2,(H,21,24)(H,22,26). The van der Waals surface area contributed by atoms with Crippen molar-refractivity contribution in [1.29, 1.82) is 0 Å². The molecule has 0 radical (unpaired) electrons. The molecule has 2 N–H and O–H groups in total. The van der Waals surface area contributed by atoms with Crippen molar-refractivity contribution in [2.24, 2.45) is 0 Å². The third kappa shape index (κ3) is 3.40. The fourth-order valence-electron chi connectivity index (χ4n) is 4.38. The highest BCUT2D eigenvalue weighted by atomic mass is 32.1. The molecule has 0 bridgehead atoms. The Morgan fingerprint density at radius 3 is 2.96 bits per heavy atom. The summed E-state index contributed by atoms with van der Waals surface area (Å²) >= 11 is 1.62. The SMILES string of the molecule is O=C(CN1C(=O)NC2(CCCc3sccc32)C1=O)NCCC1=CCCCC1. The molecular weight excluding hydrogens is 362 g/mol. The van der Waals surface area contributed by atoms with Gasteiger partial charge in [-0.1, -0.05) is 11.6 Å². The molecule has 6 nitrogen and oxygen atoms in total. The number of carbonyl (C=O) groups excluding carboxylic acids is 3. The molecule has 7 heteroatoms. The van der Waals surface area contributed by atoms with Crippen LogP contribution in [-0.4, -0.2) is 35.8 Å². The topological polar surface area (TPSA) is 78.5 Å². The van der Waals surface area contributed by atoms with Crippen LogP contribution in [0.15, 0.2) is 23.1 Å². The van der Waals surface area contributed by atoms with Crippen LogP contribution in [0.2, 0.25) is 0 Å². The smallest absolute Gasteiger partial charge is 0.325 e. The van der Waals surface area contributed by atoms with E-state index in [2.05, 4.69) is 16.7 Å². The highest BCUT2D eigenvalue weighted by molar-refractivity contribution is 7.10. The number of nitrogens with one attached hydrogen (secondary N) is 2. The molecular formula is C20H25N3O3S. The average Bonchev–Trinajstić information content (AvgIpc) is 3.24. The van der Waals surface area contributed by atoms with Gasteiger partial charge in [0.05, 0.1) is 0 Å². The zero-order valence-corrected chi connectivity index (χ0v) is 16.2. The molecule has 1 aromatic heterocycles. The van der Waals surface area contributed by atoms with Crippen LogP contribution in [0.4, 0.5) is 4.79 Å². The number of carbonyl (C=O) groups is 3. The van der Waals surface area contributed by atoms with Crippen LogP contribution in [0.3, 0.4) is 0 Å². The van der Waals surface area contributed by atoms with E-state index in [1.807, 2.05) is 11.4 Å². The summed E-state index contributed by atoms with van der Waals surface area (Å²) in [7, 11) is 0. The van der Waals surface area contributed by atoms with E-state index in [0.717, 1.165) is 47.4 Å². The first kappa shape index (κ1) is 18.2. The minimum Gasteiger partial charge on any atom is -0.354 e. The minimum atomic E-state index is -0.974. The first-order chi connectivity index (χ1) is 13.1. The summed E-state index contributed by atoms with van der Waals surface area (Å²) in [6.07, 6.45) is 10.2. The van der Waals surface area contributed by atoms with Crippen LogP contribution >= 0.6 is 11.3 Å². The van der Waals surface area contributed by atoms with E-state index < -0.39 is 11.6 Å². The Kier molecular flexibility index (Phi) is 5.04. The van der Waals surface area contributed by atoms with Gasteiger partial charge >= 0.3 is 6.03 Å². The van der Waals surface area contributed by atoms with Crippen molar-refractivity contribution < 1.29 is 14.4 Å². The van der Waals surface area contributed by atoms with Crippen LogP contribution < -0.4 is 10.6 Å². The van der Waals surface area contributed by atoms with Gasteiger partial charge in [0, 0.05) is 17.0 Å². The maximum absolute atomic E-state index is 13.1. The number of urea groups is 1. The molecule has 1 spiro atoms. The molecule has 2 aliphatic carbocycles. The fraction of sp³-hybridized carbons (Fsp3) is 0.550. The van der Waals surface area contributed by atoms with E-state index >= 15 is 0 Å². The maximum Gasteiger partial charge on any atom is 0.325 e. The van der Waals surface area contributed by atoms with Gasteiger partial charge in [-0.2, -0.15) is 0 Å². The van der Waals surface area contributed by atoms with Gasteiger partial charge in [-0.15, -0.1) is 11.3 Å². The van der Waals surface area contributed by atoms with Crippen LogP contribution in [0.25, 0.3) is 0 Å². The van der Waals surface area contributed by atoms with Crippen molar-refractivity contribution in [1.82, 2.24) is 15.5 Å². The lowest BCUT2D eigenvalue weighted by atomic mass is 9.80. The van der Waals surface area contributed by atoms with E-state index in [9.17, 15) is 14.4 Å². The van der Waals surface area contributed by atoms with Crippen LogP contribution in [0, 0.1) is 0 Å². The second-order valence-electron chi connectivity index (χ2n) is 7.55. The number of amides is 4. The summed E-state index contributed by atoms with van der Waals surface area (Å²) in [5.41, 5.74) is 1.32. The minimum absolute atomic E-state index is 0.217. The first-order valence-electron chi connectivity index (χ1n) is 9.76. The fourth-order valence-corrected chi connectivity index (χ4v) is 5.38. The van der Waals surface area contributed by atoms with Gasteiger partial charge in [-0.05, 0) is 62.8 Å². The zero-order chi connectivity index (χ0) is 18.9. The second kappa shape index (κ2) is 7.46. The number of rotatable bonds is 5. The highest BCUT2D eigenvalue weighted by Crippen LogP contribution is 2.41. The molecule has 27 heavy (non-hydrogen) atoms. The number of hydrogen-bond acceptors (Lipinski definition) is 4. The van der Waals surface area contributed by atoms with Crippen molar-refractivity contribution in [2.75, 3.05) is 13.1 Å². The molecule has 1 saturated heterocycles. The van der Waals surface area contributed by atoms with Gasteiger partial charge in [0.2, 0.25) is 5.91 Å². The molecule has 144 valence electrons. The predicted molar refractivity (Wildman–Crippen MR) is 103 cm³/mol. The summed E-state index contributed by atoms with van der Waals surface area (Å²) < 4.78 is 0. The van der Waals surface area contributed by atoms with Gasteiger partial charge in [-0.3, -0.25) is 14.5 Å². The Morgan fingerprint density at radius 1 is 1.26 bits per heavy atom. The molecule has 1 aliphatic heterocycles. The number of allylic oxidation sites excluding steroid dienone is 1. The van der Waals surface area contributed by atoms with Gasteiger partial charge < -0.3 is 10.6 Å². The Morgan fingerprint density at radius 2 is 2.15 bits per heavy atom. The quantitative estimate of drug-likeness (QED) is 0.602. The number of fused-ring (bicyclic) bond motifs is 2. The third-order valence-corrected chi connectivity index (χ3v) is 6.77. The number of nitrogens with zero attached hydrogens (tertiary/aromatic N) is 1. The second-order valence-corrected chi connectivity index (χ2v) is 8.55. The van der Waals surface area contributed by atoms with Crippen molar-refractivity contribution in [2.45, 2.75) is 56.9 Å². The van der Waals surface area contributed by atoms with E-state index in [1.165, 1.54) is 18.4 Å². The van der Waals surface area contributed by atoms with Crippen molar-refractivity contribution >= 4 is 29.2 Å². The molecule has 0 saturated carbocycles. The van der Waals surface area contributed by atoms with E-state index in [1.54, 1.807) is 11.3 Å². The average molecular weight is 388 g/mol. The monoisotopic (exact) mass is 387 g/mol. The molecule has 0 aromatic carbocycles. The van der Waals surface area contributed by atoms with Gasteiger partial charge in [0.1, 0.15) is 12.1 Å². The maximum atomic E-state index is 13.1. The molecule has 1 aromatic rings. The molecule has 4 amide bonds. The summed E-state index contributed by atoms with van der Waals surface area (Å²) in [6.45, 7) is 0.332. The lowest BCUT2D eigenvalue weighted by Crippen LogP contribution is -2.46. The van der Waals surface area contributed by atoms with Crippen LogP contribution in [-0.2, 0) is 21.5 Å². The summed E-state index contributed by atoms with van der Waals surface area (Å²) in [5.74, 6) is -0.578. The first-order valence-corrected chi connectivity index (χ1v) is 10.6. The highest BCUT2D eigenvalue weighted by Gasteiger charge is 2.54. The molecule has 3 aliphatic rings. The number of thiophene rings is 1. The lowest BCUT2D eigenvalue weighted by Gasteiger charge is -2.31. The van der Waals surface area contributed by atoms with Crippen LogP contribution in [0.1, 0.15) is 55.4 Å². The van der Waals surface area contributed by atoms with Gasteiger partial charge in [-0.25, -0.2) is 4.79 Å². The Labute approximate surface area is 163 Å². The third-order valence-electron chi connectivity index (χ3n) is 5.79. The summed E-state index contributed by atoms with van der Waals surface area (Å²) in [5, 5.41) is 7.70. The Hall–Kier alpha value is -2.15. The molecule has 1 unspecified atom stereocenters. The van der Waals surface area contributed by atoms with Gasteiger partial charge in [0.25, 0.3) is 5.91 Å². The number of imide groups is 1. The van der Waals surface area contributed by atoms with Crippen molar-refractivity contribution in [3.63, 3.8) is 0 Å². The van der Waals surface area contributed by atoms with E-state index in [4.69, 9.17) is 0 Å². The largest absolute Gasteiger partial charge is 0.354 e. The number of aryl methyl sites for hydroxylation is 1. The zero-order valence-electron chi connectivity index (χ0n) is 15.4.